The predicted octanol–water partition coefficient (Wildman–Crippen LogP) is -0.0918. The first-order valence-corrected chi connectivity index (χ1v) is 2.75. The second-order valence-electron chi connectivity index (χ2n) is 1.73. The van der Waals surface area contributed by atoms with Crippen LogP contribution in [0.4, 0.5) is 0 Å². The van der Waals surface area contributed by atoms with E-state index in [4.69, 9.17) is 5.73 Å². The van der Waals surface area contributed by atoms with E-state index in [0.29, 0.717) is 5.69 Å². The quantitative estimate of drug-likeness (QED) is 0.559. The molecule has 1 rings (SSSR count). The fourth-order valence-electron chi connectivity index (χ4n) is 0.530. The zero-order chi connectivity index (χ0) is 7.40. The minimum absolute atomic E-state index is 0.469. The van der Waals surface area contributed by atoms with Gasteiger partial charge in [-0.25, -0.2) is 4.98 Å². The third-order valence-corrected chi connectivity index (χ3v) is 0.938. The number of nitrogens with one attached hydrogen (secondary N) is 1. The molecule has 0 saturated carbocycles. The molecule has 1 aromatic rings. The predicted molar refractivity (Wildman–Crippen MR) is 36.8 cm³/mol. The Bertz CT molecular complexity index is 238. The first-order chi connectivity index (χ1) is 4.79. The summed E-state index contributed by atoms with van der Waals surface area (Å²) in [6.07, 6.45) is 6.00. The maximum Gasteiger partial charge on any atom is 0.241 e. The molecular formula is C6H7N3O. The van der Waals surface area contributed by atoms with Crippen molar-refractivity contribution >= 4 is 12.0 Å². The van der Waals surface area contributed by atoms with Gasteiger partial charge in [0, 0.05) is 12.3 Å². The molecule has 0 aromatic carbocycles. The largest absolute Gasteiger partial charge is 0.366 e. The summed E-state index contributed by atoms with van der Waals surface area (Å²) in [7, 11) is 0. The molecule has 1 aromatic heterocycles. The number of carbonyl (C=O) groups excluding carboxylic acids is 1. The maximum atomic E-state index is 10.2. The van der Waals surface area contributed by atoms with Gasteiger partial charge in [0.1, 0.15) is 0 Å². The average Bonchev–Trinajstić information content (AvgIpc) is 2.34. The van der Waals surface area contributed by atoms with Crippen LogP contribution >= 0.6 is 0 Å². The van der Waals surface area contributed by atoms with Crippen molar-refractivity contribution in [2.45, 2.75) is 0 Å². The van der Waals surface area contributed by atoms with Crippen LogP contribution in [0, 0.1) is 0 Å². The maximum absolute atomic E-state index is 10.2. The van der Waals surface area contributed by atoms with E-state index in [-0.39, 0.29) is 0 Å². The Morgan fingerprint density at radius 1 is 1.80 bits per heavy atom. The number of imidazole rings is 1. The van der Waals surface area contributed by atoms with E-state index in [1.165, 1.54) is 12.4 Å². The molecule has 4 nitrogen and oxygen atoms in total. The fourth-order valence-corrected chi connectivity index (χ4v) is 0.530. The second-order valence-corrected chi connectivity index (χ2v) is 1.73. The van der Waals surface area contributed by atoms with Crippen LogP contribution in [0.3, 0.4) is 0 Å². The van der Waals surface area contributed by atoms with Gasteiger partial charge in [-0.3, -0.25) is 4.79 Å². The standard InChI is InChI=1S/C6H7N3O/c7-6(10)2-1-5-3-8-4-9-5/h1-4H,(H2,7,10)(H,8,9)/b2-1+. The normalized spacial score (nSPS) is 10.4. The molecule has 0 radical (unpaired) electrons. The lowest BCUT2D eigenvalue weighted by Crippen LogP contribution is -2.05. The van der Waals surface area contributed by atoms with Crippen molar-refractivity contribution in [1.82, 2.24) is 9.97 Å². The minimum atomic E-state index is -0.469. The molecule has 0 bridgehead atoms. The summed E-state index contributed by atoms with van der Waals surface area (Å²) in [6.45, 7) is 0. The van der Waals surface area contributed by atoms with E-state index in [1.807, 2.05) is 0 Å². The highest BCUT2D eigenvalue weighted by Gasteiger charge is 1.86. The van der Waals surface area contributed by atoms with Crippen molar-refractivity contribution in [3.05, 3.63) is 24.3 Å². The third kappa shape index (κ3) is 1.74. The summed E-state index contributed by atoms with van der Waals surface area (Å²) in [5.74, 6) is -0.469. The van der Waals surface area contributed by atoms with Gasteiger partial charge in [0.25, 0.3) is 0 Å². The number of H-pyrrole nitrogens is 1. The zero-order valence-electron chi connectivity index (χ0n) is 5.24. The van der Waals surface area contributed by atoms with Gasteiger partial charge in [0.05, 0.1) is 12.0 Å². The summed E-state index contributed by atoms with van der Waals surface area (Å²) in [4.78, 5) is 16.8. The van der Waals surface area contributed by atoms with Gasteiger partial charge < -0.3 is 10.7 Å². The number of amides is 1. The Hall–Kier alpha value is -1.58. The Morgan fingerprint density at radius 3 is 3.10 bits per heavy atom. The number of rotatable bonds is 2. The molecule has 0 spiro atoms. The van der Waals surface area contributed by atoms with E-state index in [0.717, 1.165) is 0 Å². The number of hydrogen-bond donors (Lipinski definition) is 2. The van der Waals surface area contributed by atoms with E-state index in [1.54, 1.807) is 12.3 Å². The molecule has 0 aliphatic rings. The van der Waals surface area contributed by atoms with Crippen LogP contribution in [-0.4, -0.2) is 15.9 Å². The highest BCUT2D eigenvalue weighted by Crippen LogP contribution is 1.92. The molecule has 10 heavy (non-hydrogen) atoms. The van der Waals surface area contributed by atoms with Crippen molar-refractivity contribution in [1.29, 1.82) is 0 Å². The summed E-state index contributed by atoms with van der Waals surface area (Å²) >= 11 is 0. The van der Waals surface area contributed by atoms with Crippen LogP contribution in [0.15, 0.2) is 18.6 Å². The molecule has 0 aliphatic heterocycles. The van der Waals surface area contributed by atoms with Gasteiger partial charge in [0.2, 0.25) is 5.91 Å². The van der Waals surface area contributed by atoms with Crippen LogP contribution in [0.2, 0.25) is 0 Å². The van der Waals surface area contributed by atoms with Crippen LogP contribution in [0.25, 0.3) is 6.08 Å². The molecule has 1 amide bonds. The Kier molecular flexibility index (Phi) is 1.84. The Morgan fingerprint density at radius 2 is 2.60 bits per heavy atom. The monoisotopic (exact) mass is 137 g/mol. The smallest absolute Gasteiger partial charge is 0.241 e. The number of nitrogens with two attached hydrogens (primary N) is 1. The summed E-state index contributed by atoms with van der Waals surface area (Å²) in [6, 6.07) is 0. The SMILES string of the molecule is NC(=O)/C=C/c1c[nH]cn1. The van der Waals surface area contributed by atoms with Gasteiger partial charge in [-0.15, -0.1) is 0 Å². The number of carbonyl (C=O) groups is 1. The molecule has 0 unspecified atom stereocenters. The molecular weight excluding hydrogens is 130 g/mol. The van der Waals surface area contributed by atoms with Crippen molar-refractivity contribution in [2.75, 3.05) is 0 Å². The lowest BCUT2D eigenvalue weighted by Gasteiger charge is -1.78. The van der Waals surface area contributed by atoms with Crippen molar-refractivity contribution in [2.24, 2.45) is 5.73 Å². The fraction of sp³-hybridized carbons (Fsp3) is 0. The van der Waals surface area contributed by atoms with Crippen molar-refractivity contribution in [3.8, 4) is 0 Å². The first kappa shape index (κ1) is 6.54. The first-order valence-electron chi connectivity index (χ1n) is 2.75. The lowest BCUT2D eigenvalue weighted by atomic mass is 10.4. The van der Waals surface area contributed by atoms with Gasteiger partial charge >= 0.3 is 0 Å². The molecule has 52 valence electrons. The second kappa shape index (κ2) is 2.82. The van der Waals surface area contributed by atoms with Crippen LogP contribution in [-0.2, 0) is 4.79 Å². The molecule has 1 heterocycles. The van der Waals surface area contributed by atoms with Gasteiger partial charge in [0.15, 0.2) is 0 Å². The van der Waals surface area contributed by atoms with Crippen LogP contribution in [0.1, 0.15) is 5.69 Å². The summed E-state index contributed by atoms with van der Waals surface area (Å²) < 4.78 is 0. The van der Waals surface area contributed by atoms with E-state index >= 15 is 0 Å². The molecule has 0 atom stereocenters. The van der Waals surface area contributed by atoms with E-state index < -0.39 is 5.91 Å². The summed E-state index contributed by atoms with van der Waals surface area (Å²) in [5, 5.41) is 0. The number of nitrogens with zero attached hydrogens (tertiary/aromatic N) is 1. The number of primary amides is 1. The van der Waals surface area contributed by atoms with Gasteiger partial charge in [-0.2, -0.15) is 0 Å². The van der Waals surface area contributed by atoms with Crippen molar-refractivity contribution in [3.63, 3.8) is 0 Å². The number of aromatic amines is 1. The van der Waals surface area contributed by atoms with E-state index in [9.17, 15) is 4.79 Å². The number of hydrogen-bond acceptors (Lipinski definition) is 2. The van der Waals surface area contributed by atoms with Crippen LogP contribution < -0.4 is 5.73 Å². The molecule has 0 fully saturated rings. The third-order valence-electron chi connectivity index (χ3n) is 0.938. The van der Waals surface area contributed by atoms with E-state index in [2.05, 4.69) is 9.97 Å². The van der Waals surface area contributed by atoms with Gasteiger partial charge in [-0.1, -0.05) is 0 Å². The minimum Gasteiger partial charge on any atom is -0.366 e. The lowest BCUT2D eigenvalue weighted by molar-refractivity contribution is -0.113. The average molecular weight is 137 g/mol. The Labute approximate surface area is 57.8 Å². The zero-order valence-corrected chi connectivity index (χ0v) is 5.24. The topological polar surface area (TPSA) is 71.8 Å². The molecule has 0 aliphatic carbocycles. The number of aromatic nitrogens is 2. The van der Waals surface area contributed by atoms with Gasteiger partial charge in [-0.05, 0) is 6.08 Å². The molecule has 4 heteroatoms. The highest BCUT2D eigenvalue weighted by molar-refractivity contribution is 5.89. The highest BCUT2D eigenvalue weighted by atomic mass is 16.1. The Balaban J connectivity index is 2.64. The van der Waals surface area contributed by atoms with Crippen molar-refractivity contribution < 1.29 is 4.79 Å². The van der Waals surface area contributed by atoms with Crippen LogP contribution in [0.5, 0.6) is 0 Å². The summed E-state index contributed by atoms with van der Waals surface area (Å²) in [5.41, 5.74) is 5.54. The molecule has 0 saturated heterocycles. The molecule has 3 N–H and O–H groups in total.